The Bertz CT molecular complexity index is 205. The number of nitrogens with one attached hydrogen (secondary N) is 1. The lowest BCUT2D eigenvalue weighted by Crippen LogP contribution is -2.44. The predicted octanol–water partition coefficient (Wildman–Crippen LogP) is 3.42. The van der Waals surface area contributed by atoms with Crippen LogP contribution in [-0.2, 0) is 0 Å². The van der Waals surface area contributed by atoms with E-state index < -0.39 is 0 Å². The number of nitrogens with zero attached hydrogens (tertiary/aromatic N) is 1. The Hall–Kier alpha value is -0.0800. The van der Waals surface area contributed by atoms with E-state index in [1.165, 1.54) is 84.0 Å². The minimum absolute atomic E-state index is 0.769. The molecule has 18 heavy (non-hydrogen) atoms. The molecule has 0 spiro atoms. The number of hydrogen-bond donors (Lipinski definition) is 1. The highest BCUT2D eigenvalue weighted by molar-refractivity contribution is 4.76. The Morgan fingerprint density at radius 3 is 2.44 bits per heavy atom. The third-order valence-corrected chi connectivity index (χ3v) is 4.92. The third kappa shape index (κ3) is 4.89. The Kier molecular flexibility index (Phi) is 6.50. The van der Waals surface area contributed by atoms with Crippen molar-refractivity contribution in [2.24, 2.45) is 5.92 Å². The average molecular weight is 252 g/mol. The topological polar surface area (TPSA) is 15.3 Å². The lowest BCUT2D eigenvalue weighted by atomic mass is 9.87. The van der Waals surface area contributed by atoms with E-state index in [1.54, 1.807) is 0 Å². The van der Waals surface area contributed by atoms with Crippen molar-refractivity contribution in [1.29, 1.82) is 0 Å². The quantitative estimate of drug-likeness (QED) is 0.779. The first-order valence-electron chi connectivity index (χ1n) is 8.34. The summed E-state index contributed by atoms with van der Waals surface area (Å²) in [4.78, 5) is 2.68. The lowest BCUT2D eigenvalue weighted by Gasteiger charge is -2.31. The van der Waals surface area contributed by atoms with Gasteiger partial charge < -0.3 is 10.2 Å². The minimum atomic E-state index is 0.769. The number of likely N-dealkylation sites (N-methyl/N-ethyl adjacent to an activating group) is 1. The number of piperidine rings is 1. The standard InChI is InChI=1S/C16H32N2/c1-2-18(14-16-10-6-7-12-17-16)13-11-15-8-4-3-5-9-15/h15-17H,2-14H2,1H3. The molecule has 0 aromatic rings. The molecule has 1 saturated heterocycles. The summed E-state index contributed by atoms with van der Waals surface area (Å²) in [6.45, 7) is 7.40. The molecule has 1 unspecified atom stereocenters. The van der Waals surface area contributed by atoms with Crippen LogP contribution in [0.15, 0.2) is 0 Å². The van der Waals surface area contributed by atoms with Crippen LogP contribution in [0.2, 0.25) is 0 Å². The van der Waals surface area contributed by atoms with Gasteiger partial charge in [0.25, 0.3) is 0 Å². The van der Waals surface area contributed by atoms with E-state index in [-0.39, 0.29) is 0 Å². The zero-order chi connectivity index (χ0) is 12.6. The maximum absolute atomic E-state index is 3.68. The maximum atomic E-state index is 3.68. The van der Waals surface area contributed by atoms with Gasteiger partial charge in [0.2, 0.25) is 0 Å². The van der Waals surface area contributed by atoms with Crippen LogP contribution < -0.4 is 5.32 Å². The second-order valence-electron chi connectivity index (χ2n) is 6.33. The Balaban J connectivity index is 1.64. The van der Waals surface area contributed by atoms with E-state index >= 15 is 0 Å². The van der Waals surface area contributed by atoms with Crippen LogP contribution in [0.3, 0.4) is 0 Å². The Morgan fingerprint density at radius 2 is 1.78 bits per heavy atom. The van der Waals surface area contributed by atoms with Crippen LogP contribution in [0.5, 0.6) is 0 Å². The molecule has 1 aliphatic heterocycles. The average Bonchev–Trinajstić information content (AvgIpc) is 2.45. The molecule has 2 aliphatic rings. The summed E-state index contributed by atoms with van der Waals surface area (Å²) in [7, 11) is 0. The molecule has 0 radical (unpaired) electrons. The number of rotatable bonds is 6. The summed E-state index contributed by atoms with van der Waals surface area (Å²) in [5.74, 6) is 1.03. The molecule has 2 fully saturated rings. The van der Waals surface area contributed by atoms with Crippen LogP contribution in [-0.4, -0.2) is 37.1 Å². The van der Waals surface area contributed by atoms with Gasteiger partial charge in [-0.25, -0.2) is 0 Å². The Labute approximate surface area is 114 Å². The summed E-state index contributed by atoms with van der Waals surface area (Å²) in [6, 6.07) is 0.769. The van der Waals surface area contributed by atoms with Crippen molar-refractivity contribution in [3.8, 4) is 0 Å². The van der Waals surface area contributed by atoms with Gasteiger partial charge in [-0.3, -0.25) is 0 Å². The second kappa shape index (κ2) is 8.16. The largest absolute Gasteiger partial charge is 0.313 e. The molecule has 2 rings (SSSR count). The van der Waals surface area contributed by atoms with Crippen LogP contribution in [0.1, 0.15) is 64.7 Å². The molecule has 2 heteroatoms. The van der Waals surface area contributed by atoms with Crippen molar-refractivity contribution < 1.29 is 0 Å². The van der Waals surface area contributed by atoms with Gasteiger partial charge in [0.1, 0.15) is 0 Å². The Morgan fingerprint density at radius 1 is 1.00 bits per heavy atom. The maximum Gasteiger partial charge on any atom is 0.0195 e. The molecule has 0 bridgehead atoms. The monoisotopic (exact) mass is 252 g/mol. The molecule has 0 amide bonds. The normalized spacial score (nSPS) is 26.7. The molecule has 1 aliphatic carbocycles. The van der Waals surface area contributed by atoms with Gasteiger partial charge in [-0.05, 0) is 44.8 Å². The van der Waals surface area contributed by atoms with E-state index in [2.05, 4.69) is 17.1 Å². The van der Waals surface area contributed by atoms with Crippen molar-refractivity contribution in [3.05, 3.63) is 0 Å². The molecular formula is C16H32N2. The number of hydrogen-bond acceptors (Lipinski definition) is 2. The van der Waals surface area contributed by atoms with Gasteiger partial charge in [0.15, 0.2) is 0 Å². The molecule has 1 heterocycles. The highest BCUT2D eigenvalue weighted by Crippen LogP contribution is 2.26. The zero-order valence-corrected chi connectivity index (χ0v) is 12.3. The second-order valence-corrected chi connectivity index (χ2v) is 6.33. The molecule has 1 atom stereocenters. The molecule has 0 aromatic heterocycles. The van der Waals surface area contributed by atoms with Crippen molar-refractivity contribution in [3.63, 3.8) is 0 Å². The molecule has 1 saturated carbocycles. The van der Waals surface area contributed by atoms with Gasteiger partial charge in [-0.2, -0.15) is 0 Å². The van der Waals surface area contributed by atoms with E-state index in [4.69, 9.17) is 0 Å². The SMILES string of the molecule is CCN(CCC1CCCCC1)CC1CCCCN1. The van der Waals surface area contributed by atoms with E-state index in [1.807, 2.05) is 0 Å². The van der Waals surface area contributed by atoms with Gasteiger partial charge in [0, 0.05) is 12.6 Å². The summed E-state index contributed by atoms with van der Waals surface area (Å²) in [5.41, 5.74) is 0. The van der Waals surface area contributed by atoms with Gasteiger partial charge >= 0.3 is 0 Å². The fourth-order valence-corrected chi connectivity index (χ4v) is 3.61. The first-order valence-corrected chi connectivity index (χ1v) is 8.34. The zero-order valence-electron chi connectivity index (χ0n) is 12.3. The first-order chi connectivity index (χ1) is 8.88. The summed E-state index contributed by atoms with van der Waals surface area (Å²) in [5, 5.41) is 3.68. The summed E-state index contributed by atoms with van der Waals surface area (Å²) in [6.07, 6.45) is 13.1. The lowest BCUT2D eigenvalue weighted by molar-refractivity contribution is 0.207. The predicted molar refractivity (Wildman–Crippen MR) is 78.9 cm³/mol. The van der Waals surface area contributed by atoms with Crippen LogP contribution in [0.25, 0.3) is 0 Å². The highest BCUT2D eigenvalue weighted by atomic mass is 15.1. The third-order valence-electron chi connectivity index (χ3n) is 4.92. The van der Waals surface area contributed by atoms with Gasteiger partial charge in [-0.15, -0.1) is 0 Å². The highest BCUT2D eigenvalue weighted by Gasteiger charge is 2.18. The van der Waals surface area contributed by atoms with Crippen LogP contribution in [0.4, 0.5) is 0 Å². The van der Waals surface area contributed by atoms with Crippen LogP contribution in [0, 0.1) is 5.92 Å². The van der Waals surface area contributed by atoms with Crippen LogP contribution >= 0.6 is 0 Å². The van der Waals surface area contributed by atoms with Crippen molar-refractivity contribution in [1.82, 2.24) is 10.2 Å². The smallest absolute Gasteiger partial charge is 0.0195 e. The summed E-state index contributed by atoms with van der Waals surface area (Å²) < 4.78 is 0. The van der Waals surface area contributed by atoms with E-state index in [0.717, 1.165) is 12.0 Å². The van der Waals surface area contributed by atoms with Gasteiger partial charge in [-0.1, -0.05) is 45.4 Å². The molecule has 2 nitrogen and oxygen atoms in total. The van der Waals surface area contributed by atoms with E-state index in [0.29, 0.717) is 0 Å². The summed E-state index contributed by atoms with van der Waals surface area (Å²) >= 11 is 0. The fraction of sp³-hybridized carbons (Fsp3) is 1.00. The van der Waals surface area contributed by atoms with Crippen molar-refractivity contribution >= 4 is 0 Å². The fourth-order valence-electron chi connectivity index (χ4n) is 3.61. The van der Waals surface area contributed by atoms with Crippen molar-refractivity contribution in [2.45, 2.75) is 70.8 Å². The molecule has 106 valence electrons. The molecular weight excluding hydrogens is 220 g/mol. The van der Waals surface area contributed by atoms with Crippen molar-refractivity contribution in [2.75, 3.05) is 26.2 Å². The molecule has 0 aromatic carbocycles. The molecule has 1 N–H and O–H groups in total. The van der Waals surface area contributed by atoms with E-state index in [9.17, 15) is 0 Å². The first kappa shape index (κ1) is 14.3. The minimum Gasteiger partial charge on any atom is -0.313 e. The van der Waals surface area contributed by atoms with Gasteiger partial charge in [0.05, 0.1) is 0 Å².